The van der Waals surface area contributed by atoms with Crippen molar-refractivity contribution in [3.8, 4) is 5.75 Å². The lowest BCUT2D eigenvalue weighted by atomic mass is 9.83. The molecule has 4 aliphatic heterocycles. The quantitative estimate of drug-likeness (QED) is 0.734. The maximum Gasteiger partial charge on any atom is 0.243 e. The maximum atomic E-state index is 13.9. The van der Waals surface area contributed by atoms with Gasteiger partial charge in [-0.1, -0.05) is 30.3 Å². The molecule has 1 amide bonds. The van der Waals surface area contributed by atoms with E-state index in [9.17, 15) is 9.18 Å². The minimum Gasteiger partial charge on any atom is -0.496 e. The van der Waals surface area contributed by atoms with Crippen LogP contribution in [0.25, 0.3) is 0 Å². The van der Waals surface area contributed by atoms with E-state index < -0.39 is 0 Å². The van der Waals surface area contributed by atoms with E-state index in [1.165, 1.54) is 6.07 Å². The highest BCUT2D eigenvalue weighted by atomic mass is 19.1. The molecule has 0 aromatic heterocycles. The fourth-order valence-electron chi connectivity index (χ4n) is 7.11. The molecule has 4 fully saturated rings. The highest BCUT2D eigenvalue weighted by Crippen LogP contribution is 2.54. The highest BCUT2D eigenvalue weighted by molar-refractivity contribution is 5.90. The summed E-state index contributed by atoms with van der Waals surface area (Å²) in [4.78, 5) is 18.5. The Morgan fingerprint density at radius 3 is 2.94 bits per heavy atom. The van der Waals surface area contributed by atoms with Gasteiger partial charge in [-0.3, -0.25) is 15.1 Å². The molecule has 4 aliphatic rings. The van der Waals surface area contributed by atoms with Gasteiger partial charge in [0.25, 0.3) is 0 Å². The van der Waals surface area contributed by atoms with Crippen LogP contribution < -0.4 is 15.6 Å². The first kappa shape index (κ1) is 21.1. The standard InChI is InChI=1S/C26H31FN4O2/c1-33-23-9-3-2-6-18(23)15-30-16-19-13-22(31-11-5-10-26(19,31)25(30)32)21-14-28-29-24(21)17-7-4-8-20(27)12-17/h2-4,6-9,12,19,21-22,24,28-29H,5,10-11,13-16H2,1H3/t19-,21?,22-,24?,26-/m0/s1. The number of halogens is 1. The average molecular weight is 451 g/mol. The van der Waals surface area contributed by atoms with Crippen LogP contribution >= 0.6 is 0 Å². The number of rotatable bonds is 5. The summed E-state index contributed by atoms with van der Waals surface area (Å²) in [6.45, 7) is 3.17. The Hall–Kier alpha value is -2.48. The molecular weight excluding hydrogens is 419 g/mol. The Labute approximate surface area is 194 Å². The van der Waals surface area contributed by atoms with Crippen molar-refractivity contribution in [3.05, 3.63) is 65.5 Å². The molecule has 2 aromatic rings. The lowest BCUT2D eigenvalue weighted by Gasteiger charge is -2.37. The van der Waals surface area contributed by atoms with Crippen molar-refractivity contribution in [1.82, 2.24) is 20.7 Å². The Bertz CT molecular complexity index is 1060. The SMILES string of the molecule is COc1ccccc1CN1C[C@@H]2C[C@@H](C3CNNC3c3cccc(F)c3)N3CCC[C@@]23C1=O. The zero-order valence-corrected chi connectivity index (χ0v) is 19.0. The number of likely N-dealkylation sites (tertiary alicyclic amines) is 1. The Morgan fingerprint density at radius 2 is 2.09 bits per heavy atom. The summed E-state index contributed by atoms with van der Waals surface area (Å²) in [5.74, 6) is 1.54. The second kappa shape index (κ2) is 8.08. The summed E-state index contributed by atoms with van der Waals surface area (Å²) >= 11 is 0. The fraction of sp³-hybridized carbons (Fsp3) is 0.500. The van der Waals surface area contributed by atoms with E-state index in [2.05, 4.69) is 15.8 Å². The predicted octanol–water partition coefficient (Wildman–Crippen LogP) is 2.86. The van der Waals surface area contributed by atoms with Crippen molar-refractivity contribution in [3.63, 3.8) is 0 Å². The fourth-order valence-corrected chi connectivity index (χ4v) is 7.11. The molecule has 1 spiro atoms. The number of hydrogen-bond donors (Lipinski definition) is 2. The Balaban J connectivity index is 1.26. The van der Waals surface area contributed by atoms with Gasteiger partial charge in [-0.25, -0.2) is 9.82 Å². The highest BCUT2D eigenvalue weighted by Gasteiger charge is 2.66. The maximum absolute atomic E-state index is 13.9. The molecule has 0 aliphatic carbocycles. The summed E-state index contributed by atoms with van der Waals surface area (Å²) in [7, 11) is 1.68. The van der Waals surface area contributed by atoms with E-state index in [1.807, 2.05) is 35.2 Å². The van der Waals surface area contributed by atoms with Crippen molar-refractivity contribution in [2.24, 2.45) is 11.8 Å². The summed E-state index contributed by atoms with van der Waals surface area (Å²) in [5, 5.41) is 0. The largest absolute Gasteiger partial charge is 0.496 e. The van der Waals surface area contributed by atoms with Crippen LogP contribution in [-0.4, -0.2) is 54.0 Å². The third kappa shape index (κ3) is 3.21. The first-order valence-corrected chi connectivity index (χ1v) is 12.0. The molecule has 0 radical (unpaired) electrons. The average Bonchev–Trinajstić information content (AvgIpc) is 3.58. The molecule has 5 atom stereocenters. The van der Waals surface area contributed by atoms with Gasteiger partial charge in [-0.2, -0.15) is 0 Å². The van der Waals surface area contributed by atoms with Crippen LogP contribution in [0.4, 0.5) is 4.39 Å². The number of amides is 1. The summed E-state index contributed by atoms with van der Waals surface area (Å²) in [6, 6.07) is 15.2. The van der Waals surface area contributed by atoms with Crippen LogP contribution in [0, 0.1) is 17.7 Å². The monoisotopic (exact) mass is 450 g/mol. The zero-order valence-electron chi connectivity index (χ0n) is 19.0. The molecular formula is C26H31FN4O2. The third-order valence-electron chi connectivity index (χ3n) is 8.45. The van der Waals surface area contributed by atoms with E-state index in [0.29, 0.717) is 24.4 Å². The predicted molar refractivity (Wildman–Crippen MR) is 123 cm³/mol. The number of ether oxygens (including phenoxy) is 1. The number of nitrogens with zero attached hydrogens (tertiary/aromatic N) is 2. The lowest BCUT2D eigenvalue weighted by Crippen LogP contribution is -2.53. The number of methoxy groups -OCH3 is 1. The molecule has 4 saturated heterocycles. The summed E-state index contributed by atoms with van der Waals surface area (Å²) in [6.07, 6.45) is 3.00. The lowest BCUT2D eigenvalue weighted by molar-refractivity contribution is -0.137. The molecule has 2 unspecified atom stereocenters. The van der Waals surface area contributed by atoms with Gasteiger partial charge in [-0.15, -0.1) is 0 Å². The molecule has 4 heterocycles. The van der Waals surface area contributed by atoms with E-state index in [1.54, 1.807) is 19.2 Å². The number of benzene rings is 2. The first-order chi connectivity index (χ1) is 16.1. The molecule has 174 valence electrons. The Kier molecular flexibility index (Phi) is 5.16. The molecule has 33 heavy (non-hydrogen) atoms. The summed E-state index contributed by atoms with van der Waals surface area (Å²) in [5.41, 5.74) is 8.36. The van der Waals surface area contributed by atoms with Gasteiger partial charge in [0, 0.05) is 43.1 Å². The number of para-hydroxylation sites is 1. The Morgan fingerprint density at radius 1 is 1.21 bits per heavy atom. The van der Waals surface area contributed by atoms with Crippen molar-refractivity contribution in [2.45, 2.75) is 43.4 Å². The number of carbonyl (C=O) groups excluding carboxylic acids is 1. The van der Waals surface area contributed by atoms with E-state index >= 15 is 0 Å². The summed E-state index contributed by atoms with van der Waals surface area (Å²) < 4.78 is 19.5. The van der Waals surface area contributed by atoms with Crippen molar-refractivity contribution in [1.29, 1.82) is 0 Å². The first-order valence-electron chi connectivity index (χ1n) is 12.0. The van der Waals surface area contributed by atoms with Crippen LogP contribution in [0.3, 0.4) is 0 Å². The van der Waals surface area contributed by atoms with Crippen LogP contribution in [-0.2, 0) is 11.3 Å². The molecule has 2 N–H and O–H groups in total. The second-order valence-electron chi connectivity index (χ2n) is 9.94. The van der Waals surface area contributed by atoms with Crippen molar-refractivity contribution in [2.75, 3.05) is 26.7 Å². The van der Waals surface area contributed by atoms with Crippen LogP contribution in [0.2, 0.25) is 0 Å². The van der Waals surface area contributed by atoms with Gasteiger partial charge < -0.3 is 9.64 Å². The van der Waals surface area contributed by atoms with Crippen molar-refractivity contribution < 1.29 is 13.9 Å². The van der Waals surface area contributed by atoms with Gasteiger partial charge in [0.1, 0.15) is 17.1 Å². The topological polar surface area (TPSA) is 56.8 Å². The molecule has 7 heteroatoms. The number of carbonyl (C=O) groups is 1. The van der Waals surface area contributed by atoms with Crippen LogP contribution in [0.15, 0.2) is 48.5 Å². The van der Waals surface area contributed by atoms with E-state index in [0.717, 1.165) is 55.8 Å². The van der Waals surface area contributed by atoms with E-state index in [-0.39, 0.29) is 23.3 Å². The van der Waals surface area contributed by atoms with Crippen molar-refractivity contribution >= 4 is 5.91 Å². The molecule has 0 saturated carbocycles. The van der Waals surface area contributed by atoms with Gasteiger partial charge in [0.2, 0.25) is 5.91 Å². The van der Waals surface area contributed by atoms with E-state index in [4.69, 9.17) is 4.74 Å². The molecule has 6 nitrogen and oxygen atoms in total. The number of nitrogens with one attached hydrogen (secondary N) is 2. The van der Waals surface area contributed by atoms with Gasteiger partial charge in [0.15, 0.2) is 0 Å². The van der Waals surface area contributed by atoms with Gasteiger partial charge >= 0.3 is 0 Å². The van der Waals surface area contributed by atoms with Crippen LogP contribution in [0.1, 0.15) is 36.4 Å². The number of hydrazine groups is 1. The zero-order chi connectivity index (χ0) is 22.6. The van der Waals surface area contributed by atoms with Crippen LogP contribution in [0.5, 0.6) is 5.75 Å². The normalized spacial score (nSPS) is 33.5. The minimum absolute atomic E-state index is 0.0435. The third-order valence-corrected chi connectivity index (χ3v) is 8.45. The molecule has 0 bridgehead atoms. The molecule has 2 aromatic carbocycles. The number of hydrogen-bond acceptors (Lipinski definition) is 5. The second-order valence-corrected chi connectivity index (χ2v) is 9.94. The van der Waals surface area contributed by atoms with Gasteiger partial charge in [0.05, 0.1) is 13.2 Å². The molecule has 6 rings (SSSR count). The minimum atomic E-state index is -0.373. The smallest absolute Gasteiger partial charge is 0.243 e. The van der Waals surface area contributed by atoms with Gasteiger partial charge in [-0.05, 0) is 49.6 Å².